The van der Waals surface area contributed by atoms with Gasteiger partial charge < -0.3 is 9.79 Å². The lowest BCUT2D eigenvalue weighted by Crippen LogP contribution is -1.89. The minimum atomic E-state index is -3.80. The van der Waals surface area contributed by atoms with E-state index in [9.17, 15) is 9.13 Å². The Bertz CT molecular complexity index is 192. The average Bonchev–Trinajstić information content (AvgIpc) is 1.84. The average molecular weight is 216 g/mol. The third kappa shape index (κ3) is 7.01. The molecule has 0 amide bonds. The minimum absolute atomic E-state index is 0.0438. The number of hydrogen-bond donors (Lipinski definition) is 2. The van der Waals surface area contributed by atoms with E-state index in [1.54, 1.807) is 0 Å². The Kier molecular flexibility index (Phi) is 6.06. The molecule has 0 saturated carbocycles. The van der Waals surface area contributed by atoms with Crippen molar-refractivity contribution in [2.45, 2.75) is 26.2 Å². The molecule has 0 spiro atoms. The van der Waals surface area contributed by atoms with Gasteiger partial charge in [0.05, 0.1) is 6.16 Å². The molecule has 0 bridgehead atoms. The van der Waals surface area contributed by atoms with E-state index in [0.29, 0.717) is 6.42 Å². The molecule has 0 aromatic heterocycles. The van der Waals surface area contributed by atoms with Gasteiger partial charge in [0.25, 0.3) is 0 Å². The summed E-state index contributed by atoms with van der Waals surface area (Å²) in [4.78, 5) is 17.1. The van der Waals surface area contributed by atoms with E-state index in [1.807, 2.05) is 6.92 Å². The van der Waals surface area contributed by atoms with Crippen molar-refractivity contribution in [3.63, 3.8) is 0 Å². The molecular weight excluding hydrogens is 202 g/mol. The van der Waals surface area contributed by atoms with Crippen molar-refractivity contribution < 1.29 is 23.2 Å². The molecule has 0 radical (unpaired) electrons. The highest BCUT2D eigenvalue weighted by Crippen LogP contribution is 2.50. The monoisotopic (exact) mass is 216 g/mol. The van der Waals surface area contributed by atoms with Gasteiger partial charge in [-0.2, -0.15) is 0 Å². The molecule has 0 aliphatic carbocycles. The van der Waals surface area contributed by atoms with Crippen LogP contribution in [-0.2, 0) is 13.4 Å². The van der Waals surface area contributed by atoms with Gasteiger partial charge in [0.2, 0.25) is 0 Å². The van der Waals surface area contributed by atoms with Crippen molar-refractivity contribution >= 4 is 15.9 Å². The van der Waals surface area contributed by atoms with Crippen molar-refractivity contribution in [1.29, 1.82) is 0 Å². The number of unbranched alkanes of at least 4 members (excludes halogenated alkanes) is 2. The quantitative estimate of drug-likeness (QED) is 0.522. The van der Waals surface area contributed by atoms with Gasteiger partial charge in [-0.3, -0.25) is 9.13 Å². The Hall–Kier alpha value is 0.340. The fourth-order valence-corrected chi connectivity index (χ4v) is 2.69. The van der Waals surface area contributed by atoms with E-state index in [2.05, 4.69) is 4.31 Å². The van der Waals surface area contributed by atoms with Crippen LogP contribution in [0.15, 0.2) is 0 Å². The normalized spacial score (nSPS) is 18.6. The Balaban J connectivity index is 3.72. The largest absolute Gasteiger partial charge is 0.335 e. The van der Waals surface area contributed by atoms with Crippen molar-refractivity contribution in [2.75, 3.05) is 6.16 Å². The van der Waals surface area contributed by atoms with Crippen LogP contribution in [0.2, 0.25) is 0 Å². The molecule has 0 heterocycles. The third-order valence-electron chi connectivity index (χ3n) is 1.26. The maximum Gasteiger partial charge on any atom is 0.335 e. The Morgan fingerprint density at radius 1 is 1.50 bits per heavy atom. The predicted molar refractivity (Wildman–Crippen MR) is 46.5 cm³/mol. The molecule has 0 rings (SSSR count). The van der Waals surface area contributed by atoms with Crippen molar-refractivity contribution in [3.8, 4) is 0 Å². The second-order valence-corrected chi connectivity index (χ2v) is 5.41. The van der Waals surface area contributed by atoms with Crippen LogP contribution in [0.1, 0.15) is 26.2 Å². The molecule has 5 nitrogen and oxygen atoms in total. The molecule has 2 atom stereocenters. The first-order valence-corrected chi connectivity index (χ1v) is 6.75. The molecule has 7 heteroatoms. The van der Waals surface area contributed by atoms with Crippen LogP contribution in [0.3, 0.4) is 0 Å². The predicted octanol–water partition coefficient (Wildman–Crippen LogP) is 1.76. The summed E-state index contributed by atoms with van der Waals surface area (Å²) >= 11 is 0. The molecule has 0 fully saturated rings. The summed E-state index contributed by atoms with van der Waals surface area (Å²) in [6, 6.07) is 0. The molecule has 74 valence electrons. The number of hydrogen-bond acceptors (Lipinski definition) is 3. The van der Waals surface area contributed by atoms with Gasteiger partial charge in [0, 0.05) is 0 Å². The maximum atomic E-state index is 10.9. The van der Waals surface area contributed by atoms with Gasteiger partial charge >= 0.3 is 15.9 Å². The molecule has 0 aromatic rings. The fraction of sp³-hybridized carbons (Fsp3) is 1.00. The van der Waals surface area contributed by atoms with Crippen LogP contribution in [0, 0.1) is 0 Å². The highest BCUT2D eigenvalue weighted by molar-refractivity contribution is 7.59. The molecule has 12 heavy (non-hydrogen) atoms. The zero-order chi connectivity index (χ0) is 9.61. The van der Waals surface area contributed by atoms with Gasteiger partial charge in [-0.15, -0.1) is 0 Å². The highest BCUT2D eigenvalue weighted by Gasteiger charge is 2.20. The Labute approximate surface area is 72.2 Å². The van der Waals surface area contributed by atoms with Crippen LogP contribution in [0.25, 0.3) is 0 Å². The maximum absolute atomic E-state index is 10.9. The second kappa shape index (κ2) is 5.90. The van der Waals surface area contributed by atoms with E-state index < -0.39 is 15.9 Å². The number of rotatable bonds is 6. The first-order valence-electron chi connectivity index (χ1n) is 3.72. The van der Waals surface area contributed by atoms with Gasteiger partial charge in [0.1, 0.15) is 0 Å². The van der Waals surface area contributed by atoms with Crippen molar-refractivity contribution in [2.24, 2.45) is 0 Å². The lowest BCUT2D eigenvalue weighted by molar-refractivity contribution is 0.349. The summed E-state index contributed by atoms with van der Waals surface area (Å²) in [5, 5.41) is 0. The molecule has 0 aliphatic heterocycles. The van der Waals surface area contributed by atoms with Crippen molar-refractivity contribution in [1.82, 2.24) is 0 Å². The van der Waals surface area contributed by atoms with Gasteiger partial charge in [-0.25, -0.2) is 4.31 Å². The van der Waals surface area contributed by atoms with Gasteiger partial charge in [0.15, 0.2) is 0 Å². The fourth-order valence-electron chi connectivity index (χ4n) is 0.729. The van der Waals surface area contributed by atoms with Crippen LogP contribution in [-0.4, -0.2) is 15.9 Å². The Morgan fingerprint density at radius 2 is 2.08 bits per heavy atom. The van der Waals surface area contributed by atoms with Crippen molar-refractivity contribution in [3.05, 3.63) is 0 Å². The molecule has 2 N–H and O–H groups in total. The van der Waals surface area contributed by atoms with Crippen LogP contribution < -0.4 is 0 Å². The summed E-state index contributed by atoms with van der Waals surface area (Å²) in [6.07, 6.45) is 2.24. The van der Waals surface area contributed by atoms with E-state index in [-0.39, 0.29) is 6.16 Å². The van der Waals surface area contributed by atoms with Crippen LogP contribution >= 0.6 is 15.9 Å². The summed E-state index contributed by atoms with van der Waals surface area (Å²) in [5.74, 6) is 0. The molecule has 0 aliphatic rings. The zero-order valence-corrected chi connectivity index (χ0v) is 8.79. The topological polar surface area (TPSA) is 83.8 Å². The van der Waals surface area contributed by atoms with E-state index in [4.69, 9.17) is 9.79 Å². The second-order valence-electron chi connectivity index (χ2n) is 2.43. The molecule has 0 aromatic carbocycles. The lowest BCUT2D eigenvalue weighted by atomic mass is 10.3. The summed E-state index contributed by atoms with van der Waals surface area (Å²) in [5.41, 5.74) is 0. The van der Waals surface area contributed by atoms with Gasteiger partial charge in [-0.1, -0.05) is 19.8 Å². The molecular formula is C5H14O5P2. The lowest BCUT2D eigenvalue weighted by Gasteiger charge is -2.08. The summed E-state index contributed by atoms with van der Waals surface area (Å²) < 4.78 is 25.0. The van der Waals surface area contributed by atoms with E-state index in [0.717, 1.165) is 12.8 Å². The van der Waals surface area contributed by atoms with E-state index in [1.165, 1.54) is 0 Å². The first kappa shape index (κ1) is 12.3. The zero-order valence-electron chi connectivity index (χ0n) is 6.89. The molecule has 0 saturated heterocycles. The van der Waals surface area contributed by atoms with Gasteiger partial charge in [-0.05, 0) is 6.42 Å². The first-order chi connectivity index (χ1) is 5.48. The molecule has 2 unspecified atom stereocenters. The third-order valence-corrected chi connectivity index (χ3v) is 3.91. The van der Waals surface area contributed by atoms with E-state index >= 15 is 0 Å². The summed E-state index contributed by atoms with van der Waals surface area (Å²) in [6.45, 7) is 1.96. The summed E-state index contributed by atoms with van der Waals surface area (Å²) in [7, 11) is -7.09. The SMILES string of the molecule is CCCCCP(=O)(O)O[PH](=O)O. The standard InChI is InChI=1S/C5H14O5P2/c1-2-3-4-5-12(8,9)10-11(6)7/h11H,2-5H2,1H3,(H,6,7)(H,8,9). The van der Waals surface area contributed by atoms with Crippen LogP contribution in [0.4, 0.5) is 0 Å². The highest BCUT2D eigenvalue weighted by atomic mass is 31.2. The smallest absolute Gasteiger partial charge is 0.326 e. The Morgan fingerprint density at radius 3 is 2.50 bits per heavy atom. The van der Waals surface area contributed by atoms with Crippen LogP contribution in [0.5, 0.6) is 0 Å². The minimum Gasteiger partial charge on any atom is -0.326 e.